The lowest BCUT2D eigenvalue weighted by atomic mass is 9.95. The van der Waals surface area contributed by atoms with Crippen molar-refractivity contribution in [3.05, 3.63) is 75.4 Å². The van der Waals surface area contributed by atoms with Crippen LogP contribution in [0.15, 0.2) is 53.7 Å². The van der Waals surface area contributed by atoms with Gasteiger partial charge in [-0.25, -0.2) is 9.59 Å². The van der Waals surface area contributed by atoms with E-state index in [1.165, 1.54) is 4.90 Å². The highest BCUT2D eigenvalue weighted by molar-refractivity contribution is 6.31. The van der Waals surface area contributed by atoms with Crippen LogP contribution in [0.25, 0.3) is 0 Å². The van der Waals surface area contributed by atoms with Gasteiger partial charge in [-0.05, 0) is 37.1 Å². The topological polar surface area (TPSA) is 87.7 Å². The number of cyclic esters (lactones) is 1. The van der Waals surface area contributed by atoms with Gasteiger partial charge in [0, 0.05) is 10.7 Å². The fraction of sp³-hybridized carbons (Fsp3) is 0.227. The Balaban J connectivity index is 1.60. The first kappa shape index (κ1) is 20.0. The molecule has 2 heterocycles. The molecule has 0 saturated carbocycles. The third-order valence-electron chi connectivity index (χ3n) is 5.25. The van der Waals surface area contributed by atoms with Crippen LogP contribution in [0.4, 0.5) is 10.5 Å². The molecule has 30 heavy (non-hydrogen) atoms. The monoisotopic (exact) mass is 425 g/mol. The summed E-state index contributed by atoms with van der Waals surface area (Å²) in [5.41, 5.74) is 3.90. The molecule has 3 amide bonds. The van der Waals surface area contributed by atoms with Gasteiger partial charge in [0.05, 0.1) is 17.3 Å². The van der Waals surface area contributed by atoms with Crippen molar-refractivity contribution in [1.82, 2.24) is 10.2 Å². The molecule has 2 aliphatic rings. The molecule has 1 atom stereocenters. The SMILES string of the molecule is Cc1ccc(C2NC(=O)N(CC(=O)Nc3cccc(Cl)c3C)C3=C2C(=O)OC3)cc1. The van der Waals surface area contributed by atoms with E-state index in [0.717, 1.165) is 16.7 Å². The summed E-state index contributed by atoms with van der Waals surface area (Å²) in [7, 11) is 0. The number of urea groups is 1. The van der Waals surface area contributed by atoms with E-state index in [1.807, 2.05) is 31.2 Å². The number of benzene rings is 2. The Morgan fingerprint density at radius 2 is 1.93 bits per heavy atom. The van der Waals surface area contributed by atoms with Crippen LogP contribution in [0.2, 0.25) is 5.02 Å². The first-order valence-corrected chi connectivity index (χ1v) is 9.82. The summed E-state index contributed by atoms with van der Waals surface area (Å²) >= 11 is 6.10. The maximum absolute atomic E-state index is 12.8. The van der Waals surface area contributed by atoms with Crippen molar-refractivity contribution < 1.29 is 19.1 Å². The second-order valence-corrected chi connectivity index (χ2v) is 7.68. The number of nitrogens with zero attached hydrogens (tertiary/aromatic N) is 1. The molecule has 2 aromatic rings. The molecule has 1 unspecified atom stereocenters. The maximum atomic E-state index is 12.8. The number of amides is 3. The van der Waals surface area contributed by atoms with Crippen LogP contribution in [-0.2, 0) is 14.3 Å². The third-order valence-corrected chi connectivity index (χ3v) is 5.66. The molecule has 4 rings (SSSR count). The first-order valence-electron chi connectivity index (χ1n) is 9.45. The number of carbonyl (C=O) groups is 3. The second kappa shape index (κ2) is 7.84. The second-order valence-electron chi connectivity index (χ2n) is 7.28. The fourth-order valence-corrected chi connectivity index (χ4v) is 3.74. The zero-order chi connectivity index (χ0) is 21.4. The van der Waals surface area contributed by atoms with Crippen molar-refractivity contribution >= 4 is 35.2 Å². The Bertz CT molecular complexity index is 1080. The quantitative estimate of drug-likeness (QED) is 0.734. The molecule has 8 heteroatoms. The number of carbonyl (C=O) groups excluding carboxylic acids is 3. The summed E-state index contributed by atoms with van der Waals surface area (Å²) in [4.78, 5) is 39.1. The fourth-order valence-electron chi connectivity index (χ4n) is 3.56. The van der Waals surface area contributed by atoms with Crippen LogP contribution in [-0.4, -0.2) is 36.0 Å². The van der Waals surface area contributed by atoms with E-state index >= 15 is 0 Å². The third kappa shape index (κ3) is 3.64. The Hall–Kier alpha value is -3.32. The summed E-state index contributed by atoms with van der Waals surface area (Å²) in [6.07, 6.45) is 0. The van der Waals surface area contributed by atoms with E-state index in [9.17, 15) is 14.4 Å². The van der Waals surface area contributed by atoms with Gasteiger partial charge in [0.25, 0.3) is 0 Å². The van der Waals surface area contributed by atoms with E-state index in [0.29, 0.717) is 22.0 Å². The van der Waals surface area contributed by atoms with Gasteiger partial charge in [0.15, 0.2) is 0 Å². The molecule has 2 aromatic carbocycles. The normalized spacial score (nSPS) is 18.1. The van der Waals surface area contributed by atoms with Crippen molar-refractivity contribution in [3.8, 4) is 0 Å². The number of nitrogens with one attached hydrogen (secondary N) is 2. The molecule has 0 radical (unpaired) electrons. The minimum atomic E-state index is -0.613. The molecule has 2 aliphatic heterocycles. The average molecular weight is 426 g/mol. The lowest BCUT2D eigenvalue weighted by Gasteiger charge is -2.32. The molecule has 2 N–H and O–H groups in total. The van der Waals surface area contributed by atoms with Crippen molar-refractivity contribution in [2.75, 3.05) is 18.5 Å². The molecule has 0 fully saturated rings. The number of ether oxygens (including phenoxy) is 1. The molecule has 0 aromatic heterocycles. The molecular weight excluding hydrogens is 406 g/mol. The van der Waals surface area contributed by atoms with Crippen molar-refractivity contribution in [3.63, 3.8) is 0 Å². The number of aryl methyl sites for hydroxylation is 1. The Morgan fingerprint density at radius 3 is 2.67 bits per heavy atom. The minimum absolute atomic E-state index is 0.0482. The summed E-state index contributed by atoms with van der Waals surface area (Å²) in [6.45, 7) is 3.45. The minimum Gasteiger partial charge on any atom is -0.456 e. The highest BCUT2D eigenvalue weighted by atomic mass is 35.5. The van der Waals surface area contributed by atoms with Gasteiger partial charge in [-0.2, -0.15) is 0 Å². The van der Waals surface area contributed by atoms with Crippen LogP contribution >= 0.6 is 11.6 Å². The molecule has 0 spiro atoms. The van der Waals surface area contributed by atoms with Gasteiger partial charge in [-0.15, -0.1) is 0 Å². The largest absolute Gasteiger partial charge is 0.456 e. The Labute approximate surface area is 178 Å². The van der Waals surface area contributed by atoms with Gasteiger partial charge in [-0.1, -0.05) is 47.5 Å². The van der Waals surface area contributed by atoms with Gasteiger partial charge >= 0.3 is 12.0 Å². The number of halogens is 1. The van der Waals surface area contributed by atoms with Crippen LogP contribution in [0.1, 0.15) is 22.7 Å². The predicted molar refractivity (Wildman–Crippen MR) is 112 cm³/mol. The summed E-state index contributed by atoms with van der Waals surface area (Å²) < 4.78 is 5.19. The summed E-state index contributed by atoms with van der Waals surface area (Å²) in [5.74, 6) is -0.901. The van der Waals surface area contributed by atoms with E-state index in [-0.39, 0.29) is 13.2 Å². The molecule has 7 nitrogen and oxygen atoms in total. The van der Waals surface area contributed by atoms with E-state index in [1.54, 1.807) is 25.1 Å². The summed E-state index contributed by atoms with van der Waals surface area (Å²) in [6, 6.07) is 11.7. The zero-order valence-corrected chi connectivity index (χ0v) is 17.2. The van der Waals surface area contributed by atoms with Crippen LogP contribution < -0.4 is 10.6 Å². The van der Waals surface area contributed by atoms with Crippen LogP contribution in [0.5, 0.6) is 0 Å². The molecule has 0 aliphatic carbocycles. The number of rotatable bonds is 4. The lowest BCUT2D eigenvalue weighted by molar-refractivity contribution is -0.136. The number of hydrogen-bond donors (Lipinski definition) is 2. The van der Waals surface area contributed by atoms with Gasteiger partial charge in [0.2, 0.25) is 5.91 Å². The molecule has 154 valence electrons. The van der Waals surface area contributed by atoms with E-state index in [2.05, 4.69) is 10.6 Å². The highest BCUT2D eigenvalue weighted by Gasteiger charge is 2.42. The average Bonchev–Trinajstić information content (AvgIpc) is 3.10. The number of hydrogen-bond acceptors (Lipinski definition) is 4. The first-order chi connectivity index (χ1) is 14.3. The number of anilines is 1. The van der Waals surface area contributed by atoms with Crippen molar-refractivity contribution in [2.45, 2.75) is 19.9 Å². The molecular formula is C22H20ClN3O4. The van der Waals surface area contributed by atoms with Crippen molar-refractivity contribution in [2.24, 2.45) is 0 Å². The highest BCUT2D eigenvalue weighted by Crippen LogP contribution is 2.35. The van der Waals surface area contributed by atoms with Gasteiger partial charge in [0.1, 0.15) is 13.2 Å². The maximum Gasteiger partial charge on any atom is 0.338 e. The van der Waals surface area contributed by atoms with E-state index < -0.39 is 23.9 Å². The predicted octanol–water partition coefficient (Wildman–Crippen LogP) is 3.47. The van der Waals surface area contributed by atoms with E-state index in [4.69, 9.17) is 16.3 Å². The lowest BCUT2D eigenvalue weighted by Crippen LogP contribution is -2.49. The molecule has 0 saturated heterocycles. The van der Waals surface area contributed by atoms with Gasteiger partial charge < -0.3 is 15.4 Å². The summed E-state index contributed by atoms with van der Waals surface area (Å²) in [5, 5.41) is 6.12. The van der Waals surface area contributed by atoms with Gasteiger partial charge in [-0.3, -0.25) is 9.69 Å². The molecule has 0 bridgehead atoms. The van der Waals surface area contributed by atoms with Crippen LogP contribution in [0, 0.1) is 13.8 Å². The zero-order valence-electron chi connectivity index (χ0n) is 16.5. The Morgan fingerprint density at radius 1 is 1.20 bits per heavy atom. The van der Waals surface area contributed by atoms with Crippen molar-refractivity contribution in [1.29, 1.82) is 0 Å². The standard InChI is InChI=1S/C22H20ClN3O4/c1-12-6-8-14(9-7-12)20-19-17(11-30-21(19)28)26(22(29)25-20)10-18(27)24-16-5-3-4-15(23)13(16)2/h3-9,20H,10-11H2,1-2H3,(H,24,27)(H,25,29). The number of esters is 1. The van der Waals surface area contributed by atoms with Crippen LogP contribution in [0.3, 0.4) is 0 Å². The Kier molecular flexibility index (Phi) is 5.22. The smallest absolute Gasteiger partial charge is 0.338 e.